The van der Waals surface area contributed by atoms with Gasteiger partial charge in [-0.3, -0.25) is 14.4 Å². The summed E-state index contributed by atoms with van der Waals surface area (Å²) in [6.45, 7) is 11.8. The first kappa shape index (κ1) is 38.1. The molecule has 3 aromatic carbocycles. The van der Waals surface area contributed by atoms with Gasteiger partial charge in [0, 0.05) is 38.5 Å². The lowest BCUT2D eigenvalue weighted by Crippen LogP contribution is -2.60. The summed E-state index contributed by atoms with van der Waals surface area (Å²) in [4.78, 5) is 37.0. The van der Waals surface area contributed by atoms with E-state index in [1.807, 2.05) is 119 Å². The maximum atomic E-state index is 12.5. The van der Waals surface area contributed by atoms with Gasteiger partial charge in [-0.2, -0.15) is 0 Å². The SMILES string of the molecule is CC[C@H]1O[C@H](O[C@H]2O[C@H](COC(c3ccccc3)(c3ccccc3)c3ccccc3)C(OC(C)=O)[C@H](C)[C@H]2C)[C@H](OC(C)=O)[C@@H](OC(C)=O)[C@@H]1C. The predicted molar refractivity (Wildman–Crippen MR) is 188 cm³/mol. The third-order valence-corrected chi connectivity index (χ3v) is 10.0. The van der Waals surface area contributed by atoms with Crippen LogP contribution in [0, 0.1) is 17.8 Å². The molecular formula is C41H50O10. The summed E-state index contributed by atoms with van der Waals surface area (Å²) in [5, 5.41) is 0. The van der Waals surface area contributed by atoms with E-state index in [1.54, 1.807) is 0 Å². The number of rotatable bonds is 12. The van der Waals surface area contributed by atoms with Crippen molar-refractivity contribution in [2.24, 2.45) is 17.8 Å². The molecule has 2 heterocycles. The molecule has 2 saturated heterocycles. The van der Waals surface area contributed by atoms with E-state index in [-0.39, 0.29) is 30.5 Å². The van der Waals surface area contributed by atoms with Crippen molar-refractivity contribution in [3.05, 3.63) is 108 Å². The molecule has 2 aliphatic heterocycles. The number of benzene rings is 3. The highest BCUT2D eigenvalue weighted by molar-refractivity contribution is 5.67. The summed E-state index contributed by atoms with van der Waals surface area (Å²) in [5.74, 6) is -2.34. The molecule has 10 heteroatoms. The number of carbonyl (C=O) groups is 3. The molecule has 0 aromatic heterocycles. The van der Waals surface area contributed by atoms with Gasteiger partial charge in [0.2, 0.25) is 6.29 Å². The second-order valence-corrected chi connectivity index (χ2v) is 13.5. The van der Waals surface area contributed by atoms with Crippen LogP contribution in [-0.4, -0.2) is 67.6 Å². The third-order valence-electron chi connectivity index (χ3n) is 10.0. The van der Waals surface area contributed by atoms with Gasteiger partial charge in [0.1, 0.15) is 23.9 Å². The Labute approximate surface area is 300 Å². The zero-order valence-electron chi connectivity index (χ0n) is 30.4. The van der Waals surface area contributed by atoms with Crippen molar-refractivity contribution in [3.63, 3.8) is 0 Å². The van der Waals surface area contributed by atoms with E-state index in [0.717, 1.165) is 16.7 Å². The van der Waals surface area contributed by atoms with E-state index in [0.29, 0.717) is 6.42 Å². The van der Waals surface area contributed by atoms with Crippen LogP contribution in [0.3, 0.4) is 0 Å². The van der Waals surface area contributed by atoms with Crippen LogP contribution in [0.1, 0.15) is 71.6 Å². The van der Waals surface area contributed by atoms with Crippen LogP contribution in [0.25, 0.3) is 0 Å². The minimum absolute atomic E-state index is 0.0111. The molecule has 2 fully saturated rings. The fourth-order valence-corrected chi connectivity index (χ4v) is 7.33. The Morgan fingerprint density at radius 2 is 1.00 bits per heavy atom. The van der Waals surface area contributed by atoms with E-state index in [2.05, 4.69) is 0 Å². The van der Waals surface area contributed by atoms with E-state index >= 15 is 0 Å². The Kier molecular flexibility index (Phi) is 12.7. The van der Waals surface area contributed by atoms with Crippen LogP contribution in [0.4, 0.5) is 0 Å². The molecule has 5 rings (SSSR count). The van der Waals surface area contributed by atoms with Crippen molar-refractivity contribution in [1.82, 2.24) is 0 Å². The Morgan fingerprint density at radius 3 is 1.45 bits per heavy atom. The van der Waals surface area contributed by atoms with Crippen molar-refractivity contribution < 1.29 is 47.5 Å². The summed E-state index contributed by atoms with van der Waals surface area (Å²) < 4.78 is 44.1. The summed E-state index contributed by atoms with van der Waals surface area (Å²) in [6.07, 6.45) is -5.05. The highest BCUT2D eigenvalue weighted by Crippen LogP contribution is 2.43. The summed E-state index contributed by atoms with van der Waals surface area (Å²) >= 11 is 0. The van der Waals surface area contributed by atoms with Gasteiger partial charge in [0.15, 0.2) is 12.4 Å². The Hall–Kier alpha value is -4.09. The lowest BCUT2D eigenvalue weighted by Gasteiger charge is -2.48. The number of carbonyl (C=O) groups excluding carboxylic acids is 3. The molecule has 0 N–H and O–H groups in total. The number of esters is 3. The lowest BCUT2D eigenvalue weighted by atomic mass is 9.79. The molecule has 10 nitrogen and oxygen atoms in total. The first-order valence-electron chi connectivity index (χ1n) is 17.7. The Balaban J connectivity index is 1.51. The summed E-state index contributed by atoms with van der Waals surface area (Å²) in [6, 6.07) is 29.9. The molecule has 0 spiro atoms. The Morgan fingerprint density at radius 1 is 0.569 bits per heavy atom. The van der Waals surface area contributed by atoms with Crippen LogP contribution >= 0.6 is 0 Å². The molecule has 0 amide bonds. The van der Waals surface area contributed by atoms with Gasteiger partial charge in [-0.05, 0) is 23.1 Å². The van der Waals surface area contributed by atoms with E-state index in [1.165, 1.54) is 20.8 Å². The van der Waals surface area contributed by atoms with E-state index < -0.39 is 60.5 Å². The molecule has 1 unspecified atom stereocenters. The molecule has 0 bridgehead atoms. The average molecular weight is 703 g/mol. The molecule has 3 aromatic rings. The van der Waals surface area contributed by atoms with Crippen LogP contribution < -0.4 is 0 Å². The van der Waals surface area contributed by atoms with Gasteiger partial charge in [-0.25, -0.2) is 0 Å². The van der Waals surface area contributed by atoms with Gasteiger partial charge < -0.3 is 33.2 Å². The van der Waals surface area contributed by atoms with Gasteiger partial charge >= 0.3 is 17.9 Å². The second-order valence-electron chi connectivity index (χ2n) is 13.5. The van der Waals surface area contributed by atoms with E-state index in [4.69, 9.17) is 33.2 Å². The fraction of sp³-hybridized carbons (Fsp3) is 0.488. The van der Waals surface area contributed by atoms with Gasteiger partial charge in [0.05, 0.1) is 12.7 Å². The lowest BCUT2D eigenvalue weighted by molar-refractivity contribution is -0.361. The van der Waals surface area contributed by atoms with Crippen molar-refractivity contribution in [2.45, 2.75) is 104 Å². The topological polar surface area (TPSA) is 116 Å². The average Bonchev–Trinajstić information content (AvgIpc) is 3.12. The maximum Gasteiger partial charge on any atom is 0.303 e. The Bertz CT molecular complexity index is 1490. The number of hydrogen-bond donors (Lipinski definition) is 0. The molecule has 0 radical (unpaired) electrons. The molecule has 0 saturated carbocycles. The van der Waals surface area contributed by atoms with Gasteiger partial charge in [0.25, 0.3) is 0 Å². The van der Waals surface area contributed by atoms with Crippen LogP contribution in [0.15, 0.2) is 91.0 Å². The van der Waals surface area contributed by atoms with Crippen LogP contribution in [0.2, 0.25) is 0 Å². The van der Waals surface area contributed by atoms with Gasteiger partial charge in [-0.1, -0.05) is 119 Å². The summed E-state index contributed by atoms with van der Waals surface area (Å²) in [7, 11) is 0. The van der Waals surface area contributed by atoms with Crippen molar-refractivity contribution in [2.75, 3.05) is 6.61 Å². The minimum Gasteiger partial charge on any atom is -0.459 e. The highest BCUT2D eigenvalue weighted by atomic mass is 16.8. The summed E-state index contributed by atoms with van der Waals surface area (Å²) in [5.41, 5.74) is 1.68. The predicted octanol–water partition coefficient (Wildman–Crippen LogP) is 6.57. The molecule has 2 aliphatic rings. The second kappa shape index (κ2) is 17.0. The van der Waals surface area contributed by atoms with Crippen molar-refractivity contribution in [3.8, 4) is 0 Å². The number of ether oxygens (including phenoxy) is 7. The fourth-order valence-electron chi connectivity index (χ4n) is 7.33. The first-order valence-corrected chi connectivity index (χ1v) is 17.7. The molecule has 274 valence electrons. The van der Waals surface area contributed by atoms with Crippen LogP contribution in [0.5, 0.6) is 0 Å². The minimum atomic E-state index is -1.11. The van der Waals surface area contributed by atoms with Crippen LogP contribution in [-0.2, 0) is 53.1 Å². The third kappa shape index (κ3) is 8.52. The monoisotopic (exact) mass is 702 g/mol. The van der Waals surface area contributed by atoms with Crippen molar-refractivity contribution in [1.29, 1.82) is 0 Å². The first-order chi connectivity index (χ1) is 24.5. The zero-order chi connectivity index (χ0) is 36.7. The highest BCUT2D eigenvalue weighted by Gasteiger charge is 2.52. The maximum absolute atomic E-state index is 12.5. The molecular weight excluding hydrogens is 652 g/mol. The van der Waals surface area contributed by atoms with E-state index in [9.17, 15) is 14.4 Å². The molecule has 10 atom stereocenters. The van der Waals surface area contributed by atoms with Crippen molar-refractivity contribution >= 4 is 17.9 Å². The zero-order valence-corrected chi connectivity index (χ0v) is 30.4. The molecule has 0 aliphatic carbocycles. The van der Waals surface area contributed by atoms with Gasteiger partial charge in [-0.15, -0.1) is 0 Å². The molecule has 51 heavy (non-hydrogen) atoms. The largest absolute Gasteiger partial charge is 0.459 e. The normalized spacial score (nSPS) is 29.5. The standard InChI is InChI=1S/C41H50O10/c1-8-34-27(4)37(47-29(6)43)38(48-30(7)44)40(49-34)51-39-26(3)25(2)36(46-28(5)42)35(50-39)24-45-41(31-18-12-9-13-19-31,32-20-14-10-15-21-32)33-22-16-11-17-23-33/h9-23,25-27,34-40H,8,24H2,1-7H3/t25-,26-,27-,34-,35-,36?,37+,38-,39-,40-/m1/s1. The smallest absolute Gasteiger partial charge is 0.303 e. The number of hydrogen-bond acceptors (Lipinski definition) is 10. The quantitative estimate of drug-likeness (QED) is 0.117.